The second-order valence-corrected chi connectivity index (χ2v) is 3.67. The second-order valence-electron chi connectivity index (χ2n) is 3.67. The number of rotatable bonds is 4. The predicted octanol–water partition coefficient (Wildman–Crippen LogP) is 2.58. The van der Waals surface area contributed by atoms with Crippen molar-refractivity contribution in [3.8, 4) is 11.4 Å². The van der Waals surface area contributed by atoms with E-state index in [2.05, 4.69) is 0 Å². The quantitative estimate of drug-likeness (QED) is 0.840. The minimum atomic E-state index is -0.961. The molecule has 0 bridgehead atoms. The van der Waals surface area contributed by atoms with Crippen molar-refractivity contribution in [3.63, 3.8) is 0 Å². The monoisotopic (exact) mass is 243 g/mol. The molecule has 0 aliphatic heterocycles. The molecule has 0 unspecified atom stereocenters. The van der Waals surface area contributed by atoms with E-state index < -0.39 is 5.97 Å². The molecule has 4 heteroatoms. The fourth-order valence-corrected chi connectivity index (χ4v) is 1.66. The van der Waals surface area contributed by atoms with E-state index in [0.717, 1.165) is 23.2 Å². The zero-order valence-corrected chi connectivity index (χ0v) is 9.91. The van der Waals surface area contributed by atoms with Gasteiger partial charge in [0.05, 0.1) is 7.11 Å². The van der Waals surface area contributed by atoms with Crippen LogP contribution in [0.4, 0.5) is 0 Å². The van der Waals surface area contributed by atoms with E-state index in [9.17, 15) is 4.79 Å². The van der Waals surface area contributed by atoms with Crippen molar-refractivity contribution in [1.82, 2.24) is 4.57 Å². The summed E-state index contributed by atoms with van der Waals surface area (Å²) in [5, 5.41) is 8.63. The highest BCUT2D eigenvalue weighted by atomic mass is 16.5. The highest BCUT2D eigenvalue weighted by Crippen LogP contribution is 2.17. The van der Waals surface area contributed by atoms with E-state index in [0.29, 0.717) is 0 Å². The number of carboxylic acid groups (broad SMARTS) is 1. The van der Waals surface area contributed by atoms with Gasteiger partial charge in [0.25, 0.3) is 0 Å². The number of hydrogen-bond donors (Lipinski definition) is 1. The zero-order valence-electron chi connectivity index (χ0n) is 9.91. The largest absolute Gasteiger partial charge is 0.497 e. The first-order valence-electron chi connectivity index (χ1n) is 5.43. The smallest absolute Gasteiger partial charge is 0.328 e. The van der Waals surface area contributed by atoms with Crippen LogP contribution >= 0.6 is 0 Å². The van der Waals surface area contributed by atoms with Crippen LogP contribution in [-0.4, -0.2) is 22.8 Å². The summed E-state index contributed by atoms with van der Waals surface area (Å²) in [4.78, 5) is 10.5. The van der Waals surface area contributed by atoms with Gasteiger partial charge in [-0.25, -0.2) is 4.79 Å². The lowest BCUT2D eigenvalue weighted by Crippen LogP contribution is -1.95. The molecule has 18 heavy (non-hydrogen) atoms. The molecule has 0 radical (unpaired) electrons. The van der Waals surface area contributed by atoms with Crippen LogP contribution in [0, 0.1) is 0 Å². The van der Waals surface area contributed by atoms with Crippen LogP contribution in [0.5, 0.6) is 5.75 Å². The highest BCUT2D eigenvalue weighted by Gasteiger charge is 2.01. The first-order valence-corrected chi connectivity index (χ1v) is 5.43. The van der Waals surface area contributed by atoms with Crippen molar-refractivity contribution in [2.75, 3.05) is 7.11 Å². The summed E-state index contributed by atoms with van der Waals surface area (Å²) in [6, 6.07) is 11.3. The average molecular weight is 243 g/mol. The van der Waals surface area contributed by atoms with Gasteiger partial charge in [-0.3, -0.25) is 0 Å². The molecule has 0 fully saturated rings. The first kappa shape index (κ1) is 12.0. The lowest BCUT2D eigenvalue weighted by atomic mass is 10.3. The molecule has 0 atom stereocenters. The molecule has 0 amide bonds. The Balaban J connectivity index is 2.32. The van der Waals surface area contributed by atoms with Gasteiger partial charge in [-0.1, -0.05) is 0 Å². The fraction of sp³-hybridized carbons (Fsp3) is 0.0714. The van der Waals surface area contributed by atoms with Crippen LogP contribution in [0.3, 0.4) is 0 Å². The van der Waals surface area contributed by atoms with Crippen LogP contribution in [0.15, 0.2) is 48.7 Å². The van der Waals surface area contributed by atoms with E-state index in [1.54, 1.807) is 13.2 Å². The van der Waals surface area contributed by atoms with Gasteiger partial charge >= 0.3 is 5.97 Å². The van der Waals surface area contributed by atoms with Gasteiger partial charge in [-0.05, 0) is 42.5 Å². The molecule has 1 aromatic heterocycles. The summed E-state index contributed by atoms with van der Waals surface area (Å²) in [5.74, 6) is -0.175. The normalized spacial score (nSPS) is 10.7. The Kier molecular flexibility index (Phi) is 3.48. The van der Waals surface area contributed by atoms with Crippen LogP contribution in [-0.2, 0) is 4.79 Å². The predicted molar refractivity (Wildman–Crippen MR) is 69.0 cm³/mol. The van der Waals surface area contributed by atoms with Gasteiger partial charge in [0.1, 0.15) is 5.75 Å². The topological polar surface area (TPSA) is 51.5 Å². The SMILES string of the molecule is COc1ccc(-n2cccc2/C=C/C(=O)O)cc1. The van der Waals surface area contributed by atoms with E-state index in [-0.39, 0.29) is 0 Å². The zero-order chi connectivity index (χ0) is 13.0. The Hall–Kier alpha value is -2.49. The molecule has 2 rings (SSSR count). The summed E-state index contributed by atoms with van der Waals surface area (Å²) in [5.41, 5.74) is 1.76. The van der Waals surface area contributed by atoms with E-state index >= 15 is 0 Å². The van der Waals surface area contributed by atoms with Gasteiger partial charge in [0.2, 0.25) is 0 Å². The Morgan fingerprint density at radius 2 is 2.00 bits per heavy atom. The van der Waals surface area contributed by atoms with Gasteiger partial charge < -0.3 is 14.4 Å². The fourth-order valence-electron chi connectivity index (χ4n) is 1.66. The Bertz CT molecular complexity index is 567. The minimum absolute atomic E-state index is 0.786. The standard InChI is InChI=1S/C14H13NO3/c1-18-13-7-4-12(5-8-13)15-10-2-3-11(15)6-9-14(16)17/h2-10H,1H3,(H,16,17)/b9-6+. The molecule has 1 heterocycles. The maximum atomic E-state index is 10.5. The van der Waals surface area contributed by atoms with E-state index in [1.165, 1.54) is 0 Å². The minimum Gasteiger partial charge on any atom is -0.497 e. The van der Waals surface area contributed by atoms with Crippen LogP contribution < -0.4 is 4.74 Å². The number of benzene rings is 1. The van der Waals surface area contributed by atoms with Crippen LogP contribution in [0.2, 0.25) is 0 Å². The van der Waals surface area contributed by atoms with Crippen molar-refractivity contribution in [1.29, 1.82) is 0 Å². The summed E-state index contributed by atoms with van der Waals surface area (Å²) in [7, 11) is 1.62. The summed E-state index contributed by atoms with van der Waals surface area (Å²) in [6.45, 7) is 0. The Morgan fingerprint density at radius 1 is 1.28 bits per heavy atom. The number of ether oxygens (including phenoxy) is 1. The lowest BCUT2D eigenvalue weighted by Gasteiger charge is -2.07. The van der Waals surface area contributed by atoms with E-state index in [4.69, 9.17) is 9.84 Å². The van der Waals surface area contributed by atoms with Gasteiger partial charge in [-0.15, -0.1) is 0 Å². The molecule has 1 aromatic carbocycles. The third kappa shape index (κ3) is 2.60. The molecule has 92 valence electrons. The maximum Gasteiger partial charge on any atom is 0.328 e. The molecule has 0 saturated carbocycles. The molecule has 0 spiro atoms. The highest BCUT2D eigenvalue weighted by molar-refractivity contribution is 5.85. The Labute approximate surface area is 105 Å². The number of nitrogens with zero attached hydrogens (tertiary/aromatic N) is 1. The second kappa shape index (κ2) is 5.23. The van der Waals surface area contributed by atoms with Crippen molar-refractivity contribution in [2.24, 2.45) is 0 Å². The number of hydrogen-bond acceptors (Lipinski definition) is 2. The maximum absolute atomic E-state index is 10.5. The van der Waals surface area contributed by atoms with Gasteiger partial charge in [0, 0.05) is 23.7 Å². The number of carboxylic acids is 1. The Morgan fingerprint density at radius 3 is 2.61 bits per heavy atom. The summed E-state index contributed by atoms with van der Waals surface area (Å²) in [6.07, 6.45) is 4.56. The number of aromatic nitrogens is 1. The lowest BCUT2D eigenvalue weighted by molar-refractivity contribution is -0.131. The molecule has 2 aromatic rings. The van der Waals surface area contributed by atoms with Crippen LogP contribution in [0.25, 0.3) is 11.8 Å². The molecule has 1 N–H and O–H groups in total. The molecule has 0 aliphatic carbocycles. The summed E-state index contributed by atoms with van der Waals surface area (Å²) < 4.78 is 7.00. The average Bonchev–Trinajstić information content (AvgIpc) is 2.85. The van der Waals surface area contributed by atoms with Crippen molar-refractivity contribution in [3.05, 3.63) is 54.4 Å². The van der Waals surface area contributed by atoms with Crippen LogP contribution in [0.1, 0.15) is 5.69 Å². The third-order valence-corrected chi connectivity index (χ3v) is 2.53. The third-order valence-electron chi connectivity index (χ3n) is 2.53. The van der Waals surface area contributed by atoms with Crippen molar-refractivity contribution >= 4 is 12.0 Å². The number of aliphatic carboxylic acids is 1. The number of methoxy groups -OCH3 is 1. The van der Waals surface area contributed by atoms with Gasteiger partial charge in [-0.2, -0.15) is 0 Å². The molecular weight excluding hydrogens is 230 g/mol. The molecular formula is C14H13NO3. The molecule has 4 nitrogen and oxygen atoms in total. The molecule has 0 saturated heterocycles. The first-order chi connectivity index (χ1) is 8.70. The summed E-state index contributed by atoms with van der Waals surface area (Å²) >= 11 is 0. The molecule has 0 aliphatic rings. The van der Waals surface area contributed by atoms with Gasteiger partial charge in [0.15, 0.2) is 0 Å². The van der Waals surface area contributed by atoms with Crippen molar-refractivity contribution < 1.29 is 14.6 Å². The van der Waals surface area contributed by atoms with E-state index in [1.807, 2.05) is 47.2 Å². The number of carbonyl (C=O) groups is 1. The van der Waals surface area contributed by atoms with Crippen molar-refractivity contribution in [2.45, 2.75) is 0 Å².